The van der Waals surface area contributed by atoms with Gasteiger partial charge in [0, 0.05) is 29.3 Å². The molecule has 0 saturated carbocycles. The standard InChI is InChI=1S/C18H17BrN2O5/c1-25-18(22)15-10-14(6-7-16(15)21(23)24)20-8-9-26-17(11-20)12-2-4-13(19)5-3-12/h2-7,10,17H,8-9,11H2,1H3. The quantitative estimate of drug-likeness (QED) is 0.425. The predicted molar refractivity (Wildman–Crippen MR) is 99.5 cm³/mol. The molecule has 0 amide bonds. The van der Waals surface area contributed by atoms with Crippen molar-refractivity contribution in [2.45, 2.75) is 6.10 Å². The minimum atomic E-state index is -0.726. The maximum atomic E-state index is 11.9. The van der Waals surface area contributed by atoms with Crippen LogP contribution in [0.4, 0.5) is 11.4 Å². The molecule has 0 aromatic heterocycles. The second kappa shape index (κ2) is 7.84. The molecule has 1 heterocycles. The van der Waals surface area contributed by atoms with Crippen molar-refractivity contribution in [2.24, 2.45) is 0 Å². The van der Waals surface area contributed by atoms with Crippen LogP contribution >= 0.6 is 15.9 Å². The molecule has 26 heavy (non-hydrogen) atoms. The zero-order chi connectivity index (χ0) is 18.7. The SMILES string of the molecule is COC(=O)c1cc(N2CCOC(c3ccc(Br)cc3)C2)ccc1[N+](=O)[O-]. The van der Waals surface area contributed by atoms with Crippen LogP contribution < -0.4 is 4.90 Å². The normalized spacial score (nSPS) is 17.0. The smallest absolute Gasteiger partial charge is 0.344 e. The van der Waals surface area contributed by atoms with Crippen LogP contribution in [0.15, 0.2) is 46.9 Å². The molecule has 1 unspecified atom stereocenters. The third-order valence-electron chi connectivity index (χ3n) is 4.26. The number of hydrogen-bond donors (Lipinski definition) is 0. The predicted octanol–water partition coefficient (Wildman–Crippen LogP) is 3.72. The van der Waals surface area contributed by atoms with Gasteiger partial charge in [-0.3, -0.25) is 10.1 Å². The number of carbonyl (C=O) groups excluding carboxylic acids is 1. The first-order chi connectivity index (χ1) is 12.5. The highest BCUT2D eigenvalue weighted by atomic mass is 79.9. The molecule has 1 fully saturated rings. The van der Waals surface area contributed by atoms with Gasteiger partial charge >= 0.3 is 5.97 Å². The van der Waals surface area contributed by atoms with E-state index in [4.69, 9.17) is 4.74 Å². The van der Waals surface area contributed by atoms with Crippen LogP contribution in [0.3, 0.4) is 0 Å². The van der Waals surface area contributed by atoms with Gasteiger partial charge in [-0.05, 0) is 29.8 Å². The Morgan fingerprint density at radius 3 is 2.69 bits per heavy atom. The summed E-state index contributed by atoms with van der Waals surface area (Å²) in [5.41, 5.74) is 1.45. The van der Waals surface area contributed by atoms with Gasteiger partial charge in [0.05, 0.1) is 18.6 Å². The fourth-order valence-electron chi connectivity index (χ4n) is 2.92. The van der Waals surface area contributed by atoms with E-state index in [2.05, 4.69) is 20.7 Å². The van der Waals surface area contributed by atoms with Crippen molar-refractivity contribution in [1.82, 2.24) is 0 Å². The summed E-state index contributed by atoms with van der Waals surface area (Å²) in [5, 5.41) is 11.2. The Labute approximate surface area is 158 Å². The van der Waals surface area contributed by atoms with E-state index < -0.39 is 10.9 Å². The number of anilines is 1. The summed E-state index contributed by atoms with van der Waals surface area (Å²) in [6.07, 6.45) is -0.117. The summed E-state index contributed by atoms with van der Waals surface area (Å²) in [6, 6.07) is 12.4. The zero-order valence-corrected chi connectivity index (χ0v) is 15.6. The Balaban J connectivity index is 1.87. The van der Waals surface area contributed by atoms with Gasteiger partial charge in [0.25, 0.3) is 5.69 Å². The first-order valence-electron chi connectivity index (χ1n) is 7.98. The van der Waals surface area contributed by atoms with Gasteiger partial charge in [0.2, 0.25) is 0 Å². The van der Waals surface area contributed by atoms with Gasteiger partial charge in [-0.15, -0.1) is 0 Å². The van der Waals surface area contributed by atoms with E-state index in [1.807, 2.05) is 29.2 Å². The largest absolute Gasteiger partial charge is 0.465 e. The number of rotatable bonds is 4. The minimum Gasteiger partial charge on any atom is -0.465 e. The van der Waals surface area contributed by atoms with Gasteiger partial charge in [-0.2, -0.15) is 0 Å². The molecular formula is C18H17BrN2O5. The van der Waals surface area contributed by atoms with Crippen molar-refractivity contribution in [2.75, 3.05) is 31.7 Å². The zero-order valence-electron chi connectivity index (χ0n) is 14.1. The van der Waals surface area contributed by atoms with E-state index in [9.17, 15) is 14.9 Å². The van der Waals surface area contributed by atoms with Gasteiger partial charge < -0.3 is 14.4 Å². The highest BCUT2D eigenvalue weighted by molar-refractivity contribution is 9.10. The van der Waals surface area contributed by atoms with Crippen molar-refractivity contribution in [3.63, 3.8) is 0 Å². The molecule has 2 aromatic carbocycles. The van der Waals surface area contributed by atoms with Crippen LogP contribution in [0.5, 0.6) is 0 Å². The van der Waals surface area contributed by atoms with Crippen LogP contribution in [-0.4, -0.2) is 37.7 Å². The fraction of sp³-hybridized carbons (Fsp3) is 0.278. The van der Waals surface area contributed by atoms with Gasteiger partial charge in [-0.25, -0.2) is 4.79 Å². The molecule has 1 saturated heterocycles. The van der Waals surface area contributed by atoms with E-state index >= 15 is 0 Å². The molecule has 2 aromatic rings. The Morgan fingerprint density at radius 2 is 2.04 bits per heavy atom. The van der Waals surface area contributed by atoms with Crippen molar-refractivity contribution in [3.8, 4) is 0 Å². The number of benzene rings is 2. The summed E-state index contributed by atoms with van der Waals surface area (Å²) >= 11 is 3.41. The van der Waals surface area contributed by atoms with Crippen LogP contribution in [0.25, 0.3) is 0 Å². The number of halogens is 1. The number of nitro benzene ring substituents is 1. The summed E-state index contributed by atoms with van der Waals surface area (Å²) < 4.78 is 11.5. The Bertz CT molecular complexity index is 825. The Morgan fingerprint density at radius 1 is 1.31 bits per heavy atom. The van der Waals surface area contributed by atoms with E-state index in [0.717, 1.165) is 15.7 Å². The summed E-state index contributed by atoms with van der Waals surface area (Å²) in [4.78, 5) is 24.5. The van der Waals surface area contributed by atoms with Crippen molar-refractivity contribution < 1.29 is 19.2 Å². The Kier molecular flexibility index (Phi) is 5.53. The molecule has 3 rings (SSSR count). The molecule has 0 bridgehead atoms. The fourth-order valence-corrected chi connectivity index (χ4v) is 3.18. The number of carbonyl (C=O) groups is 1. The van der Waals surface area contributed by atoms with E-state index in [-0.39, 0.29) is 17.4 Å². The maximum absolute atomic E-state index is 11.9. The maximum Gasteiger partial charge on any atom is 0.344 e. The highest BCUT2D eigenvalue weighted by Crippen LogP contribution is 2.30. The number of methoxy groups -OCH3 is 1. The van der Waals surface area contributed by atoms with Crippen molar-refractivity contribution >= 4 is 33.3 Å². The molecule has 1 aliphatic heterocycles. The molecule has 1 atom stereocenters. The van der Waals surface area contributed by atoms with Gasteiger partial charge in [0.1, 0.15) is 11.7 Å². The third kappa shape index (κ3) is 3.86. The molecule has 0 spiro atoms. The summed E-state index contributed by atoms with van der Waals surface area (Å²) in [5.74, 6) is -0.726. The number of hydrogen-bond acceptors (Lipinski definition) is 6. The molecular weight excluding hydrogens is 404 g/mol. The average molecular weight is 421 g/mol. The monoisotopic (exact) mass is 420 g/mol. The lowest BCUT2D eigenvalue weighted by Gasteiger charge is -2.35. The highest BCUT2D eigenvalue weighted by Gasteiger charge is 2.26. The number of esters is 1. The lowest BCUT2D eigenvalue weighted by atomic mass is 10.1. The molecule has 1 aliphatic rings. The minimum absolute atomic E-state index is 0.0540. The van der Waals surface area contributed by atoms with Crippen LogP contribution in [0.2, 0.25) is 0 Å². The summed E-state index contributed by atoms with van der Waals surface area (Å²) in [7, 11) is 1.21. The molecule has 0 N–H and O–H groups in total. The number of ether oxygens (including phenoxy) is 2. The van der Waals surface area contributed by atoms with Crippen molar-refractivity contribution in [3.05, 3.63) is 68.2 Å². The van der Waals surface area contributed by atoms with Crippen LogP contribution in [0, 0.1) is 10.1 Å². The third-order valence-corrected chi connectivity index (χ3v) is 4.78. The molecule has 0 aliphatic carbocycles. The Hall–Kier alpha value is -2.45. The topological polar surface area (TPSA) is 81.9 Å². The van der Waals surface area contributed by atoms with Crippen molar-refractivity contribution in [1.29, 1.82) is 0 Å². The molecule has 0 radical (unpaired) electrons. The van der Waals surface area contributed by atoms with E-state index in [1.54, 1.807) is 6.07 Å². The van der Waals surface area contributed by atoms with E-state index in [1.165, 1.54) is 19.2 Å². The van der Waals surface area contributed by atoms with Crippen LogP contribution in [0.1, 0.15) is 22.0 Å². The van der Waals surface area contributed by atoms with Gasteiger partial charge in [-0.1, -0.05) is 28.1 Å². The molecule has 8 heteroatoms. The first kappa shape index (κ1) is 18.3. The van der Waals surface area contributed by atoms with E-state index in [0.29, 0.717) is 19.7 Å². The molecule has 136 valence electrons. The average Bonchev–Trinajstić information content (AvgIpc) is 2.67. The lowest BCUT2D eigenvalue weighted by molar-refractivity contribution is -0.385. The first-order valence-corrected chi connectivity index (χ1v) is 8.77. The second-order valence-corrected chi connectivity index (χ2v) is 6.72. The van der Waals surface area contributed by atoms with Crippen LogP contribution in [-0.2, 0) is 9.47 Å². The van der Waals surface area contributed by atoms with Gasteiger partial charge in [0.15, 0.2) is 0 Å². The number of nitrogens with zero attached hydrogens (tertiary/aromatic N) is 2. The molecule has 7 nitrogen and oxygen atoms in total. The number of nitro groups is 1. The summed E-state index contributed by atoms with van der Waals surface area (Å²) in [6.45, 7) is 1.73. The second-order valence-electron chi connectivity index (χ2n) is 5.81. The lowest BCUT2D eigenvalue weighted by Crippen LogP contribution is -2.38. The number of morpholine rings is 1.